The summed E-state index contributed by atoms with van der Waals surface area (Å²) in [5, 5.41) is 0. The average Bonchev–Trinajstić information content (AvgIpc) is 2.24. The first kappa shape index (κ1) is 13.6. The van der Waals surface area contributed by atoms with E-state index in [1.165, 1.54) is 11.8 Å². The van der Waals surface area contributed by atoms with E-state index in [4.69, 9.17) is 15.4 Å². The molecule has 1 aromatic rings. The van der Waals surface area contributed by atoms with Crippen LogP contribution >= 0.6 is 10.7 Å². The molecule has 1 aromatic carbocycles. The van der Waals surface area contributed by atoms with Crippen molar-refractivity contribution in [1.29, 1.82) is 0 Å². The average molecular weight is 280 g/mol. The monoisotopic (exact) mass is 279 g/mol. The molecule has 0 unspecified atom stereocenters. The molecule has 6 nitrogen and oxygen atoms in total. The number of amides is 1. The Hall–Kier alpha value is -1.47. The number of carbonyl (C=O) groups is 1. The van der Waals surface area contributed by atoms with Crippen molar-refractivity contribution in [3.8, 4) is 5.75 Å². The summed E-state index contributed by atoms with van der Waals surface area (Å²) in [6.45, 7) is -0.0879. The number of halogens is 1. The molecule has 1 N–H and O–H groups in total. The summed E-state index contributed by atoms with van der Waals surface area (Å²) in [5.41, 5.74) is 0.659. The smallest absolute Gasteiger partial charge is 0.422 e. The van der Waals surface area contributed by atoms with E-state index in [1.807, 2.05) is 0 Å². The molecular weight excluding hydrogens is 270 g/mol. The molecule has 0 aliphatic carbocycles. The second-order valence-electron chi connectivity index (χ2n) is 2.97. The van der Waals surface area contributed by atoms with E-state index >= 15 is 0 Å². The minimum Gasteiger partial charge on any atom is -0.497 e. The fourth-order valence-corrected chi connectivity index (χ4v) is 1.49. The third-order valence-corrected chi connectivity index (χ3v) is 2.35. The molecular formula is C9H10ClNO5S. The Morgan fingerprint density at radius 1 is 1.47 bits per heavy atom. The van der Waals surface area contributed by atoms with Crippen molar-refractivity contribution >= 4 is 26.0 Å². The van der Waals surface area contributed by atoms with Gasteiger partial charge in [0.05, 0.1) is 7.11 Å². The number of nitrogens with one attached hydrogen (secondary N) is 1. The maximum Gasteiger partial charge on any atom is 0.422 e. The standard InChI is InChI=1S/C9H10ClNO5S/c1-15-8-4-2-3-7(5-8)6-16-9(12)11-17(10,13)14/h2-5H,6H2,1H3,(H,11,12). The Morgan fingerprint density at radius 2 is 2.18 bits per heavy atom. The van der Waals surface area contributed by atoms with Gasteiger partial charge in [0.25, 0.3) is 0 Å². The molecule has 0 aliphatic rings. The van der Waals surface area contributed by atoms with Crippen LogP contribution in [-0.4, -0.2) is 21.6 Å². The van der Waals surface area contributed by atoms with E-state index in [-0.39, 0.29) is 6.61 Å². The fraction of sp³-hybridized carbons (Fsp3) is 0.222. The lowest BCUT2D eigenvalue weighted by Crippen LogP contribution is -2.27. The zero-order valence-corrected chi connectivity index (χ0v) is 10.4. The Kier molecular flexibility index (Phi) is 4.59. The number of hydrogen-bond acceptors (Lipinski definition) is 5. The van der Waals surface area contributed by atoms with Crippen LogP contribution in [0.2, 0.25) is 0 Å². The Morgan fingerprint density at radius 3 is 2.76 bits per heavy atom. The lowest BCUT2D eigenvalue weighted by molar-refractivity contribution is 0.146. The van der Waals surface area contributed by atoms with Crippen LogP contribution in [0.25, 0.3) is 0 Å². The summed E-state index contributed by atoms with van der Waals surface area (Å²) in [6, 6.07) is 6.80. The highest BCUT2D eigenvalue weighted by atomic mass is 35.7. The van der Waals surface area contributed by atoms with Crippen LogP contribution in [0, 0.1) is 0 Å². The largest absolute Gasteiger partial charge is 0.497 e. The SMILES string of the molecule is COc1cccc(COC(=O)NS(=O)(=O)Cl)c1. The summed E-state index contributed by atoms with van der Waals surface area (Å²) in [6.07, 6.45) is -1.14. The minimum atomic E-state index is -4.12. The van der Waals surface area contributed by atoms with Crippen LogP contribution in [0.5, 0.6) is 5.75 Å². The minimum absolute atomic E-state index is 0.0879. The van der Waals surface area contributed by atoms with Crippen molar-refractivity contribution in [2.75, 3.05) is 7.11 Å². The van der Waals surface area contributed by atoms with Gasteiger partial charge < -0.3 is 9.47 Å². The van der Waals surface area contributed by atoms with Crippen LogP contribution in [0.15, 0.2) is 24.3 Å². The van der Waals surface area contributed by atoms with E-state index in [1.54, 1.807) is 24.3 Å². The molecule has 0 bridgehead atoms. The molecule has 0 radical (unpaired) electrons. The molecule has 0 fully saturated rings. The molecule has 17 heavy (non-hydrogen) atoms. The molecule has 0 saturated carbocycles. The first-order chi connectivity index (χ1) is 7.90. The van der Waals surface area contributed by atoms with Gasteiger partial charge in [-0.15, -0.1) is 0 Å². The topological polar surface area (TPSA) is 81.7 Å². The molecule has 0 aliphatic heterocycles. The lowest BCUT2D eigenvalue weighted by Gasteiger charge is -2.06. The number of hydrogen-bond donors (Lipinski definition) is 1. The quantitative estimate of drug-likeness (QED) is 0.843. The maximum atomic E-state index is 11.0. The number of ether oxygens (including phenoxy) is 2. The highest BCUT2D eigenvalue weighted by molar-refractivity contribution is 8.12. The molecule has 0 spiro atoms. The second kappa shape index (κ2) is 5.74. The summed E-state index contributed by atoms with van der Waals surface area (Å²) < 4.78 is 32.0. The zero-order valence-electron chi connectivity index (χ0n) is 8.84. The highest BCUT2D eigenvalue weighted by Crippen LogP contribution is 2.13. The molecule has 0 heterocycles. The van der Waals surface area contributed by atoms with Gasteiger partial charge >= 0.3 is 15.3 Å². The third kappa shape index (κ3) is 5.41. The van der Waals surface area contributed by atoms with Gasteiger partial charge in [-0.2, -0.15) is 8.42 Å². The van der Waals surface area contributed by atoms with Gasteiger partial charge in [0.15, 0.2) is 0 Å². The van der Waals surface area contributed by atoms with Crippen LogP contribution in [0.4, 0.5) is 4.79 Å². The van der Waals surface area contributed by atoms with Gasteiger partial charge in [0, 0.05) is 10.7 Å². The Bertz CT molecular complexity index is 502. The van der Waals surface area contributed by atoms with Crippen molar-refractivity contribution in [3.05, 3.63) is 29.8 Å². The second-order valence-corrected chi connectivity index (χ2v) is 5.27. The van der Waals surface area contributed by atoms with E-state index in [0.717, 1.165) is 0 Å². The summed E-state index contributed by atoms with van der Waals surface area (Å²) >= 11 is 0. The predicted octanol–water partition coefficient (Wildman–Crippen LogP) is 1.41. The van der Waals surface area contributed by atoms with E-state index < -0.39 is 15.3 Å². The van der Waals surface area contributed by atoms with Crippen LogP contribution in [0.1, 0.15) is 5.56 Å². The van der Waals surface area contributed by atoms with Crippen molar-refractivity contribution in [2.24, 2.45) is 0 Å². The molecule has 94 valence electrons. The predicted molar refractivity (Wildman–Crippen MR) is 61.1 cm³/mol. The van der Waals surface area contributed by atoms with Crippen molar-refractivity contribution in [2.45, 2.75) is 6.61 Å². The first-order valence-electron chi connectivity index (χ1n) is 4.43. The molecule has 1 rings (SSSR count). The lowest BCUT2D eigenvalue weighted by atomic mass is 10.2. The molecule has 8 heteroatoms. The highest BCUT2D eigenvalue weighted by Gasteiger charge is 2.11. The van der Waals surface area contributed by atoms with Crippen LogP contribution < -0.4 is 9.46 Å². The van der Waals surface area contributed by atoms with Crippen LogP contribution in [0.3, 0.4) is 0 Å². The summed E-state index contributed by atoms with van der Waals surface area (Å²) in [5.74, 6) is 0.608. The first-order valence-corrected chi connectivity index (χ1v) is 6.74. The van der Waals surface area contributed by atoms with Crippen molar-refractivity contribution in [1.82, 2.24) is 4.72 Å². The third-order valence-electron chi connectivity index (χ3n) is 1.71. The van der Waals surface area contributed by atoms with E-state index in [2.05, 4.69) is 4.74 Å². The van der Waals surface area contributed by atoms with Crippen molar-refractivity contribution < 1.29 is 22.7 Å². The normalized spacial score (nSPS) is 10.7. The van der Waals surface area contributed by atoms with Crippen molar-refractivity contribution in [3.63, 3.8) is 0 Å². The van der Waals surface area contributed by atoms with Gasteiger partial charge in [0.1, 0.15) is 12.4 Å². The molecule has 0 aromatic heterocycles. The molecule has 0 atom stereocenters. The van der Waals surface area contributed by atoms with E-state index in [9.17, 15) is 13.2 Å². The van der Waals surface area contributed by atoms with Gasteiger partial charge in [-0.1, -0.05) is 12.1 Å². The summed E-state index contributed by atoms with van der Waals surface area (Å²) in [7, 11) is 2.19. The van der Waals surface area contributed by atoms with Crippen LogP contribution in [-0.2, 0) is 20.6 Å². The maximum absolute atomic E-state index is 11.0. The summed E-state index contributed by atoms with van der Waals surface area (Å²) in [4.78, 5) is 11.0. The van der Waals surface area contributed by atoms with E-state index in [0.29, 0.717) is 11.3 Å². The van der Waals surface area contributed by atoms with Gasteiger partial charge in [0.2, 0.25) is 0 Å². The Balaban J connectivity index is 2.53. The number of methoxy groups -OCH3 is 1. The number of carbonyl (C=O) groups excluding carboxylic acids is 1. The molecule has 1 amide bonds. The van der Waals surface area contributed by atoms with Gasteiger partial charge in [-0.05, 0) is 17.7 Å². The fourth-order valence-electron chi connectivity index (χ4n) is 1.04. The number of rotatable bonds is 4. The zero-order chi connectivity index (χ0) is 12.9. The van der Waals surface area contributed by atoms with Gasteiger partial charge in [-0.3, -0.25) is 0 Å². The number of benzene rings is 1. The molecule has 0 saturated heterocycles. The van der Waals surface area contributed by atoms with Gasteiger partial charge in [-0.25, -0.2) is 9.52 Å². The Labute approximate surface area is 103 Å².